The van der Waals surface area contributed by atoms with Crippen LogP contribution in [0.3, 0.4) is 0 Å². The smallest absolute Gasteiger partial charge is 0.341 e. The molecule has 0 bridgehead atoms. The average Bonchev–Trinajstić information content (AvgIpc) is 2.84. The SMILES string of the molecule is Cc1scc(C(=O)N(C)c2ccc(OCC(=O)O)cc2)c1C. The van der Waals surface area contributed by atoms with Gasteiger partial charge in [0.1, 0.15) is 5.75 Å². The fourth-order valence-corrected chi connectivity index (χ4v) is 2.79. The lowest BCUT2D eigenvalue weighted by atomic mass is 10.1. The predicted molar refractivity (Wildman–Crippen MR) is 86.1 cm³/mol. The zero-order chi connectivity index (χ0) is 16.3. The molecule has 6 heteroatoms. The molecule has 0 aliphatic heterocycles. The van der Waals surface area contributed by atoms with E-state index in [1.165, 1.54) is 0 Å². The molecule has 5 nitrogen and oxygen atoms in total. The van der Waals surface area contributed by atoms with E-state index >= 15 is 0 Å². The van der Waals surface area contributed by atoms with Gasteiger partial charge in [0.15, 0.2) is 6.61 Å². The quantitative estimate of drug-likeness (QED) is 0.919. The number of benzene rings is 1. The Morgan fingerprint density at radius 2 is 1.86 bits per heavy atom. The lowest BCUT2D eigenvalue weighted by molar-refractivity contribution is -0.139. The molecule has 0 saturated heterocycles. The molecule has 0 aliphatic carbocycles. The van der Waals surface area contributed by atoms with Crippen molar-refractivity contribution in [1.29, 1.82) is 0 Å². The number of carbonyl (C=O) groups is 2. The Hall–Kier alpha value is -2.34. The van der Waals surface area contributed by atoms with Crippen molar-refractivity contribution in [3.05, 3.63) is 45.6 Å². The fourth-order valence-electron chi connectivity index (χ4n) is 1.93. The summed E-state index contributed by atoms with van der Waals surface area (Å²) < 4.78 is 5.07. The van der Waals surface area contributed by atoms with E-state index in [-0.39, 0.29) is 12.5 Å². The van der Waals surface area contributed by atoms with Crippen molar-refractivity contribution in [2.45, 2.75) is 13.8 Å². The van der Waals surface area contributed by atoms with Crippen LogP contribution < -0.4 is 9.64 Å². The van der Waals surface area contributed by atoms with Crippen molar-refractivity contribution in [1.82, 2.24) is 0 Å². The van der Waals surface area contributed by atoms with Crippen LogP contribution in [0.25, 0.3) is 0 Å². The number of anilines is 1. The van der Waals surface area contributed by atoms with Gasteiger partial charge in [-0.3, -0.25) is 4.79 Å². The summed E-state index contributed by atoms with van der Waals surface area (Å²) in [4.78, 5) is 25.7. The zero-order valence-electron chi connectivity index (χ0n) is 12.6. The highest BCUT2D eigenvalue weighted by atomic mass is 32.1. The number of ether oxygens (including phenoxy) is 1. The third kappa shape index (κ3) is 3.46. The third-order valence-electron chi connectivity index (χ3n) is 3.41. The number of carboxylic acid groups (broad SMARTS) is 1. The first-order chi connectivity index (χ1) is 10.4. The Morgan fingerprint density at radius 3 is 2.36 bits per heavy atom. The lowest BCUT2D eigenvalue weighted by Crippen LogP contribution is -2.26. The molecule has 1 aromatic heterocycles. The van der Waals surface area contributed by atoms with Crippen molar-refractivity contribution in [2.75, 3.05) is 18.6 Å². The molecule has 2 aromatic rings. The van der Waals surface area contributed by atoms with Crippen molar-refractivity contribution >= 4 is 28.9 Å². The summed E-state index contributed by atoms with van der Waals surface area (Å²) in [5.74, 6) is -0.643. The van der Waals surface area contributed by atoms with Gasteiger partial charge in [0.2, 0.25) is 0 Å². The molecule has 1 aromatic carbocycles. The molecule has 1 heterocycles. The maximum Gasteiger partial charge on any atom is 0.341 e. The van der Waals surface area contributed by atoms with E-state index in [1.807, 2.05) is 19.2 Å². The maximum atomic E-state index is 12.5. The van der Waals surface area contributed by atoms with Gasteiger partial charge < -0.3 is 14.7 Å². The zero-order valence-corrected chi connectivity index (χ0v) is 13.4. The van der Waals surface area contributed by atoms with Crippen molar-refractivity contribution < 1.29 is 19.4 Å². The summed E-state index contributed by atoms with van der Waals surface area (Å²) in [5.41, 5.74) is 2.43. The Bertz CT molecular complexity index is 691. The predicted octanol–water partition coefficient (Wildman–Crippen LogP) is 3.10. The van der Waals surface area contributed by atoms with Gasteiger partial charge in [-0.15, -0.1) is 11.3 Å². The van der Waals surface area contributed by atoms with Crippen LogP contribution >= 0.6 is 11.3 Å². The molecule has 0 atom stereocenters. The van der Waals surface area contributed by atoms with Gasteiger partial charge in [-0.05, 0) is 43.7 Å². The molecule has 0 unspecified atom stereocenters. The maximum absolute atomic E-state index is 12.5. The molecule has 116 valence electrons. The standard InChI is InChI=1S/C16H17NO4S/c1-10-11(2)22-9-14(10)16(20)17(3)12-4-6-13(7-5-12)21-8-15(18)19/h4-7,9H,8H2,1-3H3,(H,18,19). The minimum atomic E-state index is -1.03. The number of hydrogen-bond donors (Lipinski definition) is 1. The van der Waals surface area contributed by atoms with E-state index in [9.17, 15) is 9.59 Å². The van der Waals surface area contributed by atoms with E-state index in [1.54, 1.807) is 47.5 Å². The number of carboxylic acids is 1. The van der Waals surface area contributed by atoms with E-state index in [0.29, 0.717) is 11.3 Å². The number of hydrogen-bond acceptors (Lipinski definition) is 4. The molecule has 0 spiro atoms. The van der Waals surface area contributed by atoms with Crippen LogP contribution in [0.15, 0.2) is 29.6 Å². The van der Waals surface area contributed by atoms with Crippen LogP contribution in [0, 0.1) is 13.8 Å². The number of nitrogens with zero attached hydrogens (tertiary/aromatic N) is 1. The van der Waals surface area contributed by atoms with Crippen LogP contribution in [0.2, 0.25) is 0 Å². The minimum absolute atomic E-state index is 0.0685. The Balaban J connectivity index is 2.12. The normalized spacial score (nSPS) is 10.3. The number of aliphatic carboxylic acids is 1. The summed E-state index contributed by atoms with van der Waals surface area (Å²) in [5, 5.41) is 10.4. The van der Waals surface area contributed by atoms with Gasteiger partial charge in [0.05, 0.1) is 5.56 Å². The van der Waals surface area contributed by atoms with Crippen LogP contribution in [-0.4, -0.2) is 30.6 Å². The highest BCUT2D eigenvalue weighted by Crippen LogP contribution is 2.25. The molecule has 1 N–H and O–H groups in total. The second-order valence-corrected chi connectivity index (χ2v) is 5.95. The highest BCUT2D eigenvalue weighted by Gasteiger charge is 2.18. The number of amides is 1. The van der Waals surface area contributed by atoms with Crippen LogP contribution in [0.5, 0.6) is 5.75 Å². The van der Waals surface area contributed by atoms with Gasteiger partial charge in [0, 0.05) is 23.0 Å². The Kier molecular flexibility index (Phi) is 4.82. The second-order valence-electron chi connectivity index (χ2n) is 4.87. The molecule has 0 fully saturated rings. The van der Waals surface area contributed by atoms with E-state index in [2.05, 4.69) is 0 Å². The first-order valence-electron chi connectivity index (χ1n) is 6.67. The summed E-state index contributed by atoms with van der Waals surface area (Å²) in [6, 6.07) is 6.74. The first kappa shape index (κ1) is 16.0. The van der Waals surface area contributed by atoms with Crippen molar-refractivity contribution in [2.24, 2.45) is 0 Å². The molecular formula is C16H17NO4S. The van der Waals surface area contributed by atoms with Crippen molar-refractivity contribution in [3.8, 4) is 5.75 Å². The Labute approximate surface area is 132 Å². The fraction of sp³-hybridized carbons (Fsp3) is 0.250. The minimum Gasteiger partial charge on any atom is -0.482 e. The van der Waals surface area contributed by atoms with E-state index in [4.69, 9.17) is 9.84 Å². The van der Waals surface area contributed by atoms with Gasteiger partial charge in [-0.25, -0.2) is 4.79 Å². The first-order valence-corrected chi connectivity index (χ1v) is 7.55. The van der Waals surface area contributed by atoms with Gasteiger partial charge in [-0.1, -0.05) is 0 Å². The van der Waals surface area contributed by atoms with Crippen molar-refractivity contribution in [3.63, 3.8) is 0 Å². The van der Waals surface area contributed by atoms with Crippen LogP contribution in [-0.2, 0) is 4.79 Å². The van der Waals surface area contributed by atoms with Crippen LogP contribution in [0.1, 0.15) is 20.8 Å². The second kappa shape index (κ2) is 6.62. The third-order valence-corrected chi connectivity index (χ3v) is 4.42. The molecule has 1 amide bonds. The molecule has 0 aliphatic rings. The van der Waals surface area contributed by atoms with Gasteiger partial charge in [0.25, 0.3) is 5.91 Å². The van der Waals surface area contributed by atoms with E-state index < -0.39 is 5.97 Å². The number of aryl methyl sites for hydroxylation is 1. The largest absolute Gasteiger partial charge is 0.482 e. The summed E-state index contributed by atoms with van der Waals surface area (Å²) in [6.45, 7) is 3.54. The summed E-state index contributed by atoms with van der Waals surface area (Å²) in [7, 11) is 1.71. The topological polar surface area (TPSA) is 66.8 Å². The Morgan fingerprint density at radius 1 is 1.23 bits per heavy atom. The number of rotatable bonds is 5. The average molecular weight is 319 g/mol. The molecule has 0 saturated carbocycles. The van der Waals surface area contributed by atoms with Gasteiger partial charge in [-0.2, -0.15) is 0 Å². The number of carbonyl (C=O) groups excluding carboxylic acids is 1. The van der Waals surface area contributed by atoms with Crippen LogP contribution in [0.4, 0.5) is 5.69 Å². The van der Waals surface area contributed by atoms with E-state index in [0.717, 1.165) is 16.1 Å². The molecule has 22 heavy (non-hydrogen) atoms. The highest BCUT2D eigenvalue weighted by molar-refractivity contribution is 7.10. The van der Waals surface area contributed by atoms with Gasteiger partial charge >= 0.3 is 5.97 Å². The molecular weight excluding hydrogens is 302 g/mol. The lowest BCUT2D eigenvalue weighted by Gasteiger charge is -2.17. The molecule has 0 radical (unpaired) electrons. The number of thiophene rings is 1. The summed E-state index contributed by atoms with van der Waals surface area (Å²) >= 11 is 1.56. The summed E-state index contributed by atoms with van der Waals surface area (Å²) in [6.07, 6.45) is 0. The monoisotopic (exact) mass is 319 g/mol. The molecule has 2 rings (SSSR count).